The van der Waals surface area contributed by atoms with E-state index in [0.717, 1.165) is 29.5 Å². The molecule has 0 radical (unpaired) electrons. The Morgan fingerprint density at radius 1 is 1.23 bits per heavy atom. The highest BCUT2D eigenvalue weighted by atomic mass is 16.6. The van der Waals surface area contributed by atoms with Crippen molar-refractivity contribution in [2.45, 2.75) is 51.1 Å². The van der Waals surface area contributed by atoms with E-state index in [1.54, 1.807) is 7.11 Å². The lowest BCUT2D eigenvalue weighted by Gasteiger charge is -2.35. The Bertz CT molecular complexity index is 1100. The summed E-state index contributed by atoms with van der Waals surface area (Å²) in [5.74, 6) is -0.0600. The first kappa shape index (κ1) is 20.5. The molecule has 2 atom stereocenters. The highest BCUT2D eigenvalue weighted by molar-refractivity contribution is 5.55. The zero-order valence-electron chi connectivity index (χ0n) is 17.6. The number of aromatic nitrogens is 2. The monoisotopic (exact) mass is 408 g/mol. The molecule has 0 aliphatic heterocycles. The van der Waals surface area contributed by atoms with Crippen LogP contribution in [0, 0.1) is 6.92 Å². The van der Waals surface area contributed by atoms with Crippen molar-refractivity contribution < 1.29 is 9.36 Å². The molecule has 0 saturated heterocycles. The van der Waals surface area contributed by atoms with Gasteiger partial charge in [-0.3, -0.25) is 9.51 Å². The molecule has 1 heterocycles. The van der Waals surface area contributed by atoms with E-state index in [2.05, 4.69) is 58.9 Å². The van der Waals surface area contributed by atoms with Crippen LogP contribution in [0.4, 0.5) is 0 Å². The van der Waals surface area contributed by atoms with Crippen LogP contribution in [0.5, 0.6) is 0 Å². The number of nitrogens with zero attached hydrogens (tertiary/aromatic N) is 1. The van der Waals surface area contributed by atoms with E-state index in [-0.39, 0.29) is 6.04 Å². The summed E-state index contributed by atoms with van der Waals surface area (Å²) < 4.78 is 4.97. The van der Waals surface area contributed by atoms with Gasteiger partial charge in [0, 0.05) is 12.6 Å². The Morgan fingerprint density at radius 2 is 1.93 bits per heavy atom. The van der Waals surface area contributed by atoms with Crippen molar-refractivity contribution in [3.63, 3.8) is 0 Å². The smallest absolute Gasteiger partial charge is 0.328 e. The molecule has 158 valence electrons. The van der Waals surface area contributed by atoms with Crippen molar-refractivity contribution in [2.24, 2.45) is 5.73 Å². The number of nitrogens with two attached hydrogens (primary N) is 1. The summed E-state index contributed by atoms with van der Waals surface area (Å²) in [6.45, 7) is 4.68. The second-order valence-corrected chi connectivity index (χ2v) is 8.21. The molecule has 1 aliphatic carbocycles. The molecular weight excluding hydrogens is 380 g/mol. The maximum atomic E-state index is 12.0. The number of hydrogen-bond donors (Lipinski definition) is 3. The predicted octanol–water partition coefficient (Wildman–Crippen LogP) is 2.49. The van der Waals surface area contributed by atoms with Gasteiger partial charge in [0.1, 0.15) is 0 Å². The summed E-state index contributed by atoms with van der Waals surface area (Å²) in [5, 5.41) is 4.17. The fourth-order valence-corrected chi connectivity index (χ4v) is 4.76. The van der Waals surface area contributed by atoms with E-state index in [9.17, 15) is 4.79 Å². The van der Waals surface area contributed by atoms with Gasteiger partial charge in [-0.2, -0.15) is 5.48 Å². The van der Waals surface area contributed by atoms with Crippen LogP contribution in [0.25, 0.3) is 0 Å². The third-order valence-corrected chi connectivity index (χ3v) is 5.91. The normalized spacial score (nSPS) is 19.1. The topological polar surface area (TPSA) is 106 Å². The minimum absolute atomic E-state index is 0.125. The second kappa shape index (κ2) is 8.18. The molecule has 4 rings (SSSR count). The number of hydroxylamine groups is 1. The van der Waals surface area contributed by atoms with Crippen molar-refractivity contribution in [1.29, 1.82) is 0 Å². The second-order valence-electron chi connectivity index (χ2n) is 8.21. The van der Waals surface area contributed by atoms with E-state index in [0.29, 0.717) is 18.8 Å². The number of fused-ring (bicyclic) bond motifs is 2. The molecule has 1 aliphatic rings. The number of aromatic amines is 1. The minimum Gasteiger partial charge on any atom is -0.328 e. The van der Waals surface area contributed by atoms with E-state index < -0.39 is 11.2 Å². The summed E-state index contributed by atoms with van der Waals surface area (Å²) in [6.07, 6.45) is 2.37. The van der Waals surface area contributed by atoms with Gasteiger partial charge in [0.15, 0.2) is 5.82 Å². The fraction of sp³-hybridized carbons (Fsp3) is 0.391. The molecule has 1 aromatic heterocycles. The van der Waals surface area contributed by atoms with Gasteiger partial charge in [0.2, 0.25) is 0 Å². The Balaban J connectivity index is 2.01. The van der Waals surface area contributed by atoms with Gasteiger partial charge in [0.05, 0.1) is 12.5 Å². The number of hydrogen-bond acceptors (Lipinski definition) is 6. The Labute approximate surface area is 175 Å². The average Bonchev–Trinajstić information content (AvgIpc) is 3.10. The third kappa shape index (κ3) is 3.60. The van der Waals surface area contributed by atoms with Gasteiger partial charge >= 0.3 is 5.76 Å². The molecule has 0 spiro atoms. The summed E-state index contributed by atoms with van der Waals surface area (Å²) in [5.41, 5.74) is 15.6. The zero-order chi connectivity index (χ0) is 21.3. The molecule has 0 amide bonds. The minimum atomic E-state index is -0.692. The molecule has 30 heavy (non-hydrogen) atoms. The van der Waals surface area contributed by atoms with Crippen molar-refractivity contribution >= 4 is 0 Å². The molecule has 7 heteroatoms. The van der Waals surface area contributed by atoms with Gasteiger partial charge < -0.3 is 10.6 Å². The molecule has 7 nitrogen and oxygen atoms in total. The Morgan fingerprint density at radius 3 is 2.57 bits per heavy atom. The van der Waals surface area contributed by atoms with Gasteiger partial charge in [-0.15, -0.1) is 0 Å². The van der Waals surface area contributed by atoms with Crippen LogP contribution in [-0.2, 0) is 29.6 Å². The van der Waals surface area contributed by atoms with Crippen molar-refractivity contribution in [1.82, 2.24) is 15.6 Å². The number of H-pyrrole nitrogens is 1. The highest BCUT2D eigenvalue weighted by Gasteiger charge is 2.44. The Kier molecular flexibility index (Phi) is 5.60. The van der Waals surface area contributed by atoms with E-state index in [1.165, 1.54) is 16.7 Å². The number of aryl methyl sites for hydroxylation is 3. The first-order valence-corrected chi connectivity index (χ1v) is 10.2. The molecule has 2 aromatic carbocycles. The Hall–Kier alpha value is -2.74. The standard InChI is InChI=1S/C23H28N4O3/c1-14-4-8-19-17(10-14)6-7-18-11-16(13-25-29-3)5-9-20(18)23(19,12-15(2)24)21-26-22(28)30-27-21/h4-5,8-11,15,25H,6-7,12-13,24H2,1-3H3,(H,26,27,28)/t15-,23?/m1/s1. The maximum Gasteiger partial charge on any atom is 0.438 e. The van der Waals surface area contributed by atoms with Gasteiger partial charge in [-0.25, -0.2) is 4.79 Å². The predicted molar refractivity (Wildman–Crippen MR) is 114 cm³/mol. The largest absolute Gasteiger partial charge is 0.438 e. The van der Waals surface area contributed by atoms with Crippen LogP contribution in [0.2, 0.25) is 0 Å². The van der Waals surface area contributed by atoms with E-state index in [4.69, 9.17) is 15.1 Å². The first-order chi connectivity index (χ1) is 14.4. The number of rotatable bonds is 6. The summed E-state index contributed by atoms with van der Waals surface area (Å²) in [4.78, 5) is 19.8. The lowest BCUT2D eigenvalue weighted by atomic mass is 9.68. The van der Waals surface area contributed by atoms with Crippen LogP contribution in [0.3, 0.4) is 0 Å². The zero-order valence-corrected chi connectivity index (χ0v) is 17.6. The highest BCUT2D eigenvalue weighted by Crippen LogP contribution is 2.46. The first-order valence-electron chi connectivity index (χ1n) is 10.2. The summed E-state index contributed by atoms with van der Waals surface area (Å²) in [7, 11) is 1.61. The maximum absolute atomic E-state index is 12.0. The third-order valence-electron chi connectivity index (χ3n) is 5.91. The molecule has 0 bridgehead atoms. The van der Waals surface area contributed by atoms with Crippen LogP contribution >= 0.6 is 0 Å². The van der Waals surface area contributed by atoms with E-state index >= 15 is 0 Å². The quantitative estimate of drug-likeness (QED) is 0.541. The van der Waals surface area contributed by atoms with Crippen LogP contribution < -0.4 is 17.0 Å². The van der Waals surface area contributed by atoms with Gasteiger partial charge in [-0.05, 0) is 60.9 Å². The SMILES string of the molecule is CONCc1ccc2c(c1)CCc1cc(C)ccc1C2(C[C@@H](C)N)c1noc(=O)[nH]1. The summed E-state index contributed by atoms with van der Waals surface area (Å²) in [6, 6.07) is 12.8. The summed E-state index contributed by atoms with van der Waals surface area (Å²) >= 11 is 0. The van der Waals surface area contributed by atoms with Crippen molar-refractivity contribution in [2.75, 3.05) is 7.11 Å². The molecule has 3 aromatic rings. The van der Waals surface area contributed by atoms with Gasteiger partial charge in [0.25, 0.3) is 0 Å². The molecule has 4 N–H and O–H groups in total. The average molecular weight is 409 g/mol. The lowest BCUT2D eigenvalue weighted by molar-refractivity contribution is 0.0867. The van der Waals surface area contributed by atoms with Crippen molar-refractivity contribution in [3.8, 4) is 0 Å². The van der Waals surface area contributed by atoms with E-state index in [1.807, 2.05) is 6.92 Å². The molecule has 0 saturated carbocycles. The molecular formula is C23H28N4O3. The fourth-order valence-electron chi connectivity index (χ4n) is 4.76. The molecule has 1 unspecified atom stereocenters. The number of nitrogens with one attached hydrogen (secondary N) is 2. The van der Waals surface area contributed by atoms with Crippen LogP contribution in [-0.4, -0.2) is 23.3 Å². The van der Waals surface area contributed by atoms with Gasteiger partial charge in [-0.1, -0.05) is 47.1 Å². The van der Waals surface area contributed by atoms with Crippen LogP contribution in [0.1, 0.15) is 52.5 Å². The van der Waals surface area contributed by atoms with Crippen molar-refractivity contribution in [3.05, 3.63) is 86.2 Å². The number of benzene rings is 2. The lowest BCUT2D eigenvalue weighted by Crippen LogP contribution is -2.38. The van der Waals surface area contributed by atoms with Crippen LogP contribution in [0.15, 0.2) is 45.7 Å². The molecule has 0 fully saturated rings.